The van der Waals surface area contributed by atoms with Crippen molar-refractivity contribution in [3.63, 3.8) is 0 Å². The standard InChI is InChI=1S/C39H77N2O6P/c1-6-8-10-12-14-16-17-18-19-20-21-22-23-25-27-29-31-33-39(43)40-37(36-47-48(44,45)46-35-34-41(3,4)5)38(42)32-30-28-26-24-15-13-11-9-7-2/h14,16,18-19,37-38,42H,6-13,15,17,20-36H2,1-5H3,(H-,40,43,44,45)/b16-14-,19-18-. The molecule has 0 aromatic carbocycles. The van der Waals surface area contributed by atoms with Crippen LogP contribution in [0.4, 0.5) is 0 Å². The van der Waals surface area contributed by atoms with Crippen molar-refractivity contribution in [2.45, 2.75) is 180 Å². The maximum absolute atomic E-state index is 12.8. The molecule has 3 atom stereocenters. The van der Waals surface area contributed by atoms with E-state index in [1.165, 1.54) is 89.9 Å². The number of carbonyl (C=O) groups excluding carboxylic acids is 1. The van der Waals surface area contributed by atoms with Crippen molar-refractivity contribution in [1.29, 1.82) is 0 Å². The number of nitrogens with zero attached hydrogens (tertiary/aromatic N) is 1. The lowest BCUT2D eigenvalue weighted by molar-refractivity contribution is -0.870. The number of phosphoric acid groups is 1. The average molecular weight is 701 g/mol. The minimum Gasteiger partial charge on any atom is -0.756 e. The van der Waals surface area contributed by atoms with Gasteiger partial charge in [0.05, 0.1) is 39.9 Å². The number of hydrogen-bond acceptors (Lipinski definition) is 6. The second-order valence-corrected chi connectivity index (χ2v) is 16.0. The Bertz CT molecular complexity index is 845. The summed E-state index contributed by atoms with van der Waals surface area (Å²) in [7, 11) is 1.29. The molecule has 0 aliphatic carbocycles. The summed E-state index contributed by atoms with van der Waals surface area (Å²) in [6.45, 7) is 4.64. The first-order chi connectivity index (χ1) is 23.0. The Balaban J connectivity index is 4.39. The zero-order valence-electron chi connectivity index (χ0n) is 31.9. The molecule has 0 heterocycles. The molecule has 1 amide bonds. The zero-order chi connectivity index (χ0) is 35.8. The van der Waals surface area contributed by atoms with Gasteiger partial charge in [-0.05, 0) is 44.9 Å². The highest BCUT2D eigenvalue weighted by atomic mass is 31.2. The quantitative estimate of drug-likeness (QED) is 0.0295. The lowest BCUT2D eigenvalue weighted by Gasteiger charge is -2.30. The summed E-state index contributed by atoms with van der Waals surface area (Å²) in [6.07, 6.45) is 34.6. The molecular formula is C39H77N2O6P. The Morgan fingerprint density at radius 2 is 1.21 bits per heavy atom. The molecule has 2 N–H and O–H groups in total. The molecule has 0 aromatic heterocycles. The van der Waals surface area contributed by atoms with Crippen LogP contribution >= 0.6 is 7.82 Å². The first kappa shape index (κ1) is 47.0. The van der Waals surface area contributed by atoms with Gasteiger partial charge in [0.25, 0.3) is 7.82 Å². The normalized spacial score (nSPS) is 14.9. The zero-order valence-corrected chi connectivity index (χ0v) is 32.8. The number of nitrogens with one attached hydrogen (secondary N) is 1. The summed E-state index contributed by atoms with van der Waals surface area (Å²) in [6, 6.07) is -0.799. The molecule has 0 saturated carbocycles. The van der Waals surface area contributed by atoms with Crippen LogP contribution in [0.25, 0.3) is 0 Å². The van der Waals surface area contributed by atoms with Crippen LogP contribution in [0.2, 0.25) is 0 Å². The Labute approximate surface area is 296 Å². The Kier molecular flexibility index (Phi) is 31.2. The predicted molar refractivity (Wildman–Crippen MR) is 201 cm³/mol. The number of hydrogen-bond donors (Lipinski definition) is 2. The monoisotopic (exact) mass is 701 g/mol. The number of rotatable bonds is 35. The van der Waals surface area contributed by atoms with Gasteiger partial charge >= 0.3 is 0 Å². The van der Waals surface area contributed by atoms with Crippen molar-refractivity contribution in [1.82, 2.24) is 5.32 Å². The molecule has 0 aliphatic rings. The van der Waals surface area contributed by atoms with Crippen LogP contribution in [0.15, 0.2) is 24.3 Å². The van der Waals surface area contributed by atoms with E-state index in [0.717, 1.165) is 51.4 Å². The fourth-order valence-electron chi connectivity index (χ4n) is 5.48. The minimum absolute atomic E-state index is 0.0104. The average Bonchev–Trinajstić information content (AvgIpc) is 3.02. The molecule has 0 saturated heterocycles. The second-order valence-electron chi connectivity index (χ2n) is 14.6. The van der Waals surface area contributed by atoms with Gasteiger partial charge in [-0.3, -0.25) is 9.36 Å². The molecule has 284 valence electrons. The van der Waals surface area contributed by atoms with E-state index < -0.39 is 20.0 Å². The summed E-state index contributed by atoms with van der Waals surface area (Å²) in [5.74, 6) is -0.177. The van der Waals surface area contributed by atoms with E-state index in [0.29, 0.717) is 23.9 Å². The Morgan fingerprint density at radius 3 is 1.77 bits per heavy atom. The largest absolute Gasteiger partial charge is 0.756 e. The number of unbranched alkanes of at least 4 members (excludes halogenated alkanes) is 18. The van der Waals surface area contributed by atoms with Gasteiger partial charge in [0.1, 0.15) is 13.2 Å². The number of likely N-dealkylation sites (N-methyl/N-ethyl adjacent to an activating group) is 1. The van der Waals surface area contributed by atoms with Gasteiger partial charge in [-0.2, -0.15) is 0 Å². The first-order valence-corrected chi connectivity index (χ1v) is 21.1. The van der Waals surface area contributed by atoms with E-state index in [2.05, 4.69) is 43.5 Å². The first-order valence-electron chi connectivity index (χ1n) is 19.7. The van der Waals surface area contributed by atoms with E-state index in [1.54, 1.807) is 0 Å². The van der Waals surface area contributed by atoms with Gasteiger partial charge in [0, 0.05) is 6.42 Å². The number of amides is 1. The molecule has 0 spiro atoms. The van der Waals surface area contributed by atoms with Crippen molar-refractivity contribution in [3.8, 4) is 0 Å². The fourth-order valence-corrected chi connectivity index (χ4v) is 6.20. The van der Waals surface area contributed by atoms with E-state index in [-0.39, 0.29) is 19.1 Å². The van der Waals surface area contributed by atoms with Gasteiger partial charge in [-0.1, -0.05) is 141 Å². The summed E-state index contributed by atoms with van der Waals surface area (Å²) in [5.41, 5.74) is 0. The maximum Gasteiger partial charge on any atom is 0.268 e. The molecule has 0 bridgehead atoms. The van der Waals surface area contributed by atoms with Crippen LogP contribution in [0.1, 0.15) is 168 Å². The number of carbonyl (C=O) groups is 1. The topological polar surface area (TPSA) is 108 Å². The van der Waals surface area contributed by atoms with Crippen LogP contribution in [-0.4, -0.2) is 68.5 Å². The second kappa shape index (κ2) is 31.9. The van der Waals surface area contributed by atoms with Gasteiger partial charge < -0.3 is 28.8 Å². The third kappa shape index (κ3) is 33.5. The van der Waals surface area contributed by atoms with Crippen molar-refractivity contribution < 1.29 is 32.9 Å². The van der Waals surface area contributed by atoms with Crippen molar-refractivity contribution in [2.24, 2.45) is 0 Å². The van der Waals surface area contributed by atoms with Gasteiger partial charge in [-0.15, -0.1) is 0 Å². The minimum atomic E-state index is -4.55. The molecule has 0 aromatic rings. The van der Waals surface area contributed by atoms with Crippen LogP contribution in [0.3, 0.4) is 0 Å². The SMILES string of the molecule is CCCCC/C=C\C/C=C\CCCCCCCCCC(=O)NC(COP(=O)([O-])OCC[N+](C)(C)C)C(O)CCCCCCCCCCC. The van der Waals surface area contributed by atoms with Gasteiger partial charge in [-0.25, -0.2) is 0 Å². The van der Waals surface area contributed by atoms with E-state index in [4.69, 9.17) is 9.05 Å². The highest BCUT2D eigenvalue weighted by molar-refractivity contribution is 7.45. The lowest BCUT2D eigenvalue weighted by Crippen LogP contribution is -2.46. The van der Waals surface area contributed by atoms with Crippen molar-refractivity contribution >= 4 is 13.7 Å². The van der Waals surface area contributed by atoms with Gasteiger partial charge in [0.2, 0.25) is 5.91 Å². The molecular weight excluding hydrogens is 623 g/mol. The third-order valence-corrected chi connectivity index (χ3v) is 9.66. The number of aliphatic hydroxyl groups is 1. The molecule has 0 fully saturated rings. The predicted octanol–water partition coefficient (Wildman–Crippen LogP) is 9.55. The summed E-state index contributed by atoms with van der Waals surface area (Å²) >= 11 is 0. The molecule has 8 nitrogen and oxygen atoms in total. The number of phosphoric ester groups is 1. The Hall–Kier alpha value is -1.02. The molecule has 9 heteroatoms. The molecule has 48 heavy (non-hydrogen) atoms. The summed E-state index contributed by atoms with van der Waals surface area (Å²) < 4.78 is 23.1. The lowest BCUT2D eigenvalue weighted by atomic mass is 10.0. The Morgan fingerprint density at radius 1 is 0.729 bits per heavy atom. The van der Waals surface area contributed by atoms with Crippen LogP contribution in [-0.2, 0) is 18.4 Å². The highest BCUT2D eigenvalue weighted by Crippen LogP contribution is 2.38. The number of aliphatic hydroxyl groups excluding tert-OH is 1. The third-order valence-electron chi connectivity index (χ3n) is 8.69. The molecule has 0 rings (SSSR count). The fraction of sp³-hybridized carbons (Fsp3) is 0.872. The van der Waals surface area contributed by atoms with E-state index >= 15 is 0 Å². The van der Waals surface area contributed by atoms with Crippen LogP contribution in [0, 0.1) is 0 Å². The van der Waals surface area contributed by atoms with Gasteiger partial charge in [0.15, 0.2) is 0 Å². The summed E-state index contributed by atoms with van der Waals surface area (Å²) in [5, 5.41) is 13.8. The van der Waals surface area contributed by atoms with Crippen LogP contribution in [0.5, 0.6) is 0 Å². The van der Waals surface area contributed by atoms with Crippen molar-refractivity contribution in [2.75, 3.05) is 40.9 Å². The highest BCUT2D eigenvalue weighted by Gasteiger charge is 2.24. The van der Waals surface area contributed by atoms with Crippen molar-refractivity contribution in [3.05, 3.63) is 24.3 Å². The number of allylic oxidation sites excluding steroid dienone is 4. The maximum atomic E-state index is 12.8. The number of quaternary nitrogens is 1. The smallest absolute Gasteiger partial charge is 0.268 e. The summed E-state index contributed by atoms with van der Waals surface area (Å²) in [4.78, 5) is 25.2. The molecule has 0 radical (unpaired) electrons. The molecule has 3 unspecified atom stereocenters. The molecule has 0 aliphatic heterocycles. The van der Waals surface area contributed by atoms with E-state index in [1.807, 2.05) is 21.1 Å². The van der Waals surface area contributed by atoms with E-state index in [9.17, 15) is 19.4 Å². The van der Waals surface area contributed by atoms with Crippen LogP contribution < -0.4 is 10.2 Å².